The van der Waals surface area contributed by atoms with Gasteiger partial charge in [-0.3, -0.25) is 9.59 Å². The average molecular weight is 442 g/mol. The number of aryl methyl sites for hydroxylation is 3. The number of thiophene rings is 1. The van der Waals surface area contributed by atoms with E-state index in [-0.39, 0.29) is 11.5 Å². The molecule has 2 heterocycles. The molecule has 32 heavy (non-hydrogen) atoms. The van der Waals surface area contributed by atoms with Gasteiger partial charge in [-0.2, -0.15) is 0 Å². The summed E-state index contributed by atoms with van der Waals surface area (Å²) in [5, 5.41) is 3.70. The fourth-order valence-electron chi connectivity index (χ4n) is 4.06. The van der Waals surface area contributed by atoms with Crippen LogP contribution in [0.3, 0.4) is 0 Å². The third kappa shape index (κ3) is 4.14. The van der Waals surface area contributed by atoms with Crippen LogP contribution in [0.1, 0.15) is 50.6 Å². The van der Waals surface area contributed by atoms with Crippen LogP contribution in [0.25, 0.3) is 22.4 Å². The van der Waals surface area contributed by atoms with Gasteiger partial charge in [-0.25, -0.2) is 4.98 Å². The lowest BCUT2D eigenvalue weighted by atomic mass is 9.97. The highest BCUT2D eigenvalue weighted by atomic mass is 32.1. The minimum Gasteiger partial charge on any atom is -0.322 e. The van der Waals surface area contributed by atoms with E-state index in [1.54, 1.807) is 17.4 Å². The van der Waals surface area contributed by atoms with Gasteiger partial charge in [0.05, 0.1) is 5.39 Å². The Morgan fingerprint density at radius 2 is 1.91 bits per heavy atom. The van der Waals surface area contributed by atoms with E-state index in [0.717, 1.165) is 40.6 Å². The zero-order chi connectivity index (χ0) is 22.1. The Labute approximate surface area is 189 Å². The Kier molecular flexibility index (Phi) is 5.45. The third-order valence-electron chi connectivity index (χ3n) is 5.74. The fraction of sp³-hybridized carbons (Fsp3) is 0.192. The molecule has 5 nitrogen and oxygen atoms in total. The van der Waals surface area contributed by atoms with Crippen molar-refractivity contribution in [2.75, 3.05) is 5.32 Å². The van der Waals surface area contributed by atoms with E-state index in [9.17, 15) is 9.59 Å². The van der Waals surface area contributed by atoms with Gasteiger partial charge in [0.1, 0.15) is 10.7 Å². The van der Waals surface area contributed by atoms with Crippen molar-refractivity contribution >= 4 is 45.3 Å². The highest BCUT2D eigenvalue weighted by Crippen LogP contribution is 2.33. The molecule has 0 bridgehead atoms. The number of rotatable bonds is 4. The quantitative estimate of drug-likeness (QED) is 0.433. The molecule has 0 saturated carbocycles. The number of nitrogens with one attached hydrogen (secondary N) is 2. The first-order valence-electron chi connectivity index (χ1n) is 10.8. The molecule has 160 valence electrons. The molecule has 0 spiro atoms. The monoisotopic (exact) mass is 441 g/mol. The lowest BCUT2D eigenvalue weighted by Crippen LogP contribution is -2.11. The van der Waals surface area contributed by atoms with Crippen LogP contribution < -0.4 is 10.9 Å². The van der Waals surface area contributed by atoms with Gasteiger partial charge in [0.15, 0.2) is 0 Å². The highest BCUT2D eigenvalue weighted by Gasteiger charge is 2.19. The number of aromatic nitrogens is 2. The molecule has 1 aliphatic rings. The van der Waals surface area contributed by atoms with Crippen LogP contribution in [0.5, 0.6) is 0 Å². The molecule has 0 fully saturated rings. The van der Waals surface area contributed by atoms with Gasteiger partial charge in [0.2, 0.25) is 0 Å². The van der Waals surface area contributed by atoms with E-state index >= 15 is 0 Å². The van der Waals surface area contributed by atoms with Crippen molar-refractivity contribution in [1.29, 1.82) is 0 Å². The largest absolute Gasteiger partial charge is 0.322 e. The van der Waals surface area contributed by atoms with Crippen molar-refractivity contribution in [2.24, 2.45) is 0 Å². The van der Waals surface area contributed by atoms with E-state index in [2.05, 4.69) is 15.3 Å². The molecule has 5 rings (SSSR count). The molecule has 4 aromatic rings. The fourth-order valence-corrected chi connectivity index (χ4v) is 5.33. The zero-order valence-electron chi connectivity index (χ0n) is 17.8. The molecular formula is C26H23N3O2S. The van der Waals surface area contributed by atoms with Gasteiger partial charge in [-0.1, -0.05) is 35.9 Å². The zero-order valence-corrected chi connectivity index (χ0v) is 18.6. The summed E-state index contributed by atoms with van der Waals surface area (Å²) in [6, 6.07) is 15.0. The van der Waals surface area contributed by atoms with Gasteiger partial charge in [-0.05, 0) is 74.1 Å². The van der Waals surface area contributed by atoms with Crippen molar-refractivity contribution in [1.82, 2.24) is 9.97 Å². The maximum atomic E-state index is 12.7. The van der Waals surface area contributed by atoms with Gasteiger partial charge in [0.25, 0.3) is 11.5 Å². The van der Waals surface area contributed by atoms with Gasteiger partial charge in [0, 0.05) is 16.1 Å². The van der Waals surface area contributed by atoms with Crippen molar-refractivity contribution in [3.63, 3.8) is 0 Å². The Balaban J connectivity index is 1.37. The third-order valence-corrected chi connectivity index (χ3v) is 6.92. The molecular weight excluding hydrogens is 418 g/mol. The Bertz CT molecular complexity index is 1400. The lowest BCUT2D eigenvalue weighted by Gasteiger charge is -2.09. The maximum Gasteiger partial charge on any atom is 0.260 e. The molecule has 6 heteroatoms. The molecule has 1 amide bonds. The summed E-state index contributed by atoms with van der Waals surface area (Å²) in [7, 11) is 0. The molecule has 1 aliphatic carbocycles. The van der Waals surface area contributed by atoms with Crippen molar-refractivity contribution < 1.29 is 4.79 Å². The topological polar surface area (TPSA) is 74.8 Å². The number of fused-ring (bicyclic) bond motifs is 3. The second kappa shape index (κ2) is 8.55. The predicted molar refractivity (Wildman–Crippen MR) is 131 cm³/mol. The molecule has 0 radical (unpaired) electrons. The number of hydrogen-bond donors (Lipinski definition) is 2. The van der Waals surface area contributed by atoms with Crippen molar-refractivity contribution in [2.45, 2.75) is 32.6 Å². The summed E-state index contributed by atoms with van der Waals surface area (Å²) in [6.45, 7) is 1.99. The van der Waals surface area contributed by atoms with Crippen LogP contribution >= 0.6 is 11.3 Å². The first-order chi connectivity index (χ1) is 15.6. The summed E-state index contributed by atoms with van der Waals surface area (Å²) in [5.41, 5.74) is 4.47. The Morgan fingerprint density at radius 3 is 2.75 bits per heavy atom. The number of carbonyl (C=O) groups excluding carboxylic acids is 1. The number of hydrogen-bond acceptors (Lipinski definition) is 4. The van der Waals surface area contributed by atoms with Crippen LogP contribution in [-0.4, -0.2) is 15.9 Å². The Hall–Kier alpha value is -3.51. The second-order valence-electron chi connectivity index (χ2n) is 8.12. The summed E-state index contributed by atoms with van der Waals surface area (Å²) < 4.78 is 0. The predicted octanol–water partition coefficient (Wildman–Crippen LogP) is 5.59. The van der Waals surface area contributed by atoms with E-state index in [1.807, 2.05) is 61.5 Å². The summed E-state index contributed by atoms with van der Waals surface area (Å²) >= 11 is 1.65. The molecule has 0 saturated heterocycles. The molecule has 0 unspecified atom stereocenters. The normalized spacial score (nSPS) is 13.4. The molecule has 0 atom stereocenters. The number of anilines is 1. The number of aromatic amines is 1. The maximum absolute atomic E-state index is 12.7. The van der Waals surface area contributed by atoms with E-state index in [1.165, 1.54) is 16.9 Å². The van der Waals surface area contributed by atoms with Crippen LogP contribution in [0.15, 0.2) is 53.3 Å². The Morgan fingerprint density at radius 1 is 1.09 bits per heavy atom. The van der Waals surface area contributed by atoms with Crippen LogP contribution in [-0.2, 0) is 12.8 Å². The smallest absolute Gasteiger partial charge is 0.260 e. The molecule has 0 aliphatic heterocycles. The lowest BCUT2D eigenvalue weighted by molar-refractivity contribution is 0.102. The molecule has 2 aromatic heterocycles. The minimum atomic E-state index is -0.149. The van der Waals surface area contributed by atoms with E-state index < -0.39 is 0 Å². The molecule has 2 N–H and O–H groups in total. The van der Waals surface area contributed by atoms with E-state index in [0.29, 0.717) is 17.1 Å². The number of amides is 1. The highest BCUT2D eigenvalue weighted by molar-refractivity contribution is 7.18. The van der Waals surface area contributed by atoms with E-state index in [4.69, 9.17) is 0 Å². The average Bonchev–Trinajstić information content (AvgIpc) is 3.17. The van der Waals surface area contributed by atoms with Crippen LogP contribution in [0.4, 0.5) is 5.69 Å². The SMILES string of the molecule is Cc1ccc(C(=O)Nc2cccc(/C=C/c3nc4sc5c(c4c(=O)[nH]3)CCCC5)c2)cc1. The number of benzene rings is 2. The van der Waals surface area contributed by atoms with Gasteiger partial charge >= 0.3 is 0 Å². The summed E-state index contributed by atoms with van der Waals surface area (Å²) in [4.78, 5) is 34.9. The minimum absolute atomic E-state index is 0.0619. The van der Waals surface area contributed by atoms with Gasteiger partial charge in [-0.15, -0.1) is 11.3 Å². The first kappa shape index (κ1) is 20.4. The number of carbonyl (C=O) groups is 1. The standard InChI is InChI=1S/C26H23N3O2S/c1-16-9-12-18(13-10-16)24(30)27-19-6-4-5-17(15-19)11-14-22-28-25(31)23-20-7-2-3-8-21(20)32-26(23)29-22/h4-6,9-15H,2-3,7-8H2,1H3,(H,27,30)(H,28,29,31)/b14-11+. The van der Waals surface area contributed by atoms with Crippen LogP contribution in [0.2, 0.25) is 0 Å². The summed E-state index contributed by atoms with van der Waals surface area (Å²) in [5.74, 6) is 0.388. The van der Waals surface area contributed by atoms with Crippen molar-refractivity contribution in [3.8, 4) is 0 Å². The first-order valence-corrected chi connectivity index (χ1v) is 11.6. The summed E-state index contributed by atoms with van der Waals surface area (Å²) in [6.07, 6.45) is 8.02. The van der Waals surface area contributed by atoms with Crippen LogP contribution in [0, 0.1) is 6.92 Å². The molecule has 2 aromatic carbocycles. The second-order valence-corrected chi connectivity index (χ2v) is 9.20. The van der Waals surface area contributed by atoms with Crippen molar-refractivity contribution in [3.05, 3.63) is 91.8 Å². The number of nitrogens with zero attached hydrogens (tertiary/aromatic N) is 1. The number of H-pyrrole nitrogens is 1. The van der Waals surface area contributed by atoms with Gasteiger partial charge < -0.3 is 10.3 Å².